The van der Waals surface area contributed by atoms with Crippen LogP contribution in [0.1, 0.15) is 74.1 Å². The molecule has 0 aliphatic carbocycles. The van der Waals surface area contributed by atoms with E-state index in [9.17, 15) is 9.59 Å². The van der Waals surface area contributed by atoms with Crippen LogP contribution in [0.3, 0.4) is 0 Å². The number of carbonyl (C=O) groups is 2. The standard InChI is InChI=1S/C22H32N2O2/c1-5-17-11-13-23(15(17)3)21(25)19-7-9-20(10-8-19)22(26)24-14-12-18(6-2)16(24)4/h7-10,15-18H,5-6,11-14H2,1-4H3/t15-,16-,17-,18+/m0/s1. The fourth-order valence-corrected chi connectivity index (χ4v) is 4.76. The molecule has 4 heteroatoms. The van der Waals surface area contributed by atoms with Crippen LogP contribution < -0.4 is 0 Å². The molecule has 0 spiro atoms. The highest BCUT2D eigenvalue weighted by Crippen LogP contribution is 2.29. The molecule has 142 valence electrons. The van der Waals surface area contributed by atoms with E-state index in [2.05, 4.69) is 27.7 Å². The second-order valence-corrected chi connectivity index (χ2v) is 7.97. The van der Waals surface area contributed by atoms with E-state index in [-0.39, 0.29) is 11.8 Å². The normalized spacial score (nSPS) is 28.6. The van der Waals surface area contributed by atoms with Gasteiger partial charge in [0.1, 0.15) is 0 Å². The van der Waals surface area contributed by atoms with Crippen LogP contribution in [0.15, 0.2) is 24.3 Å². The van der Waals surface area contributed by atoms with E-state index >= 15 is 0 Å². The molecule has 3 rings (SSSR count). The zero-order valence-corrected chi connectivity index (χ0v) is 16.6. The third-order valence-corrected chi connectivity index (χ3v) is 6.78. The lowest BCUT2D eigenvalue weighted by molar-refractivity contribution is 0.0719. The molecular weight excluding hydrogens is 324 g/mol. The van der Waals surface area contributed by atoms with E-state index in [0.717, 1.165) is 38.8 Å². The summed E-state index contributed by atoms with van der Waals surface area (Å²) in [6.07, 6.45) is 4.41. The van der Waals surface area contributed by atoms with Crippen LogP contribution in [0.4, 0.5) is 0 Å². The third kappa shape index (κ3) is 3.38. The minimum absolute atomic E-state index is 0.0908. The van der Waals surface area contributed by atoms with Crippen LogP contribution >= 0.6 is 0 Å². The predicted molar refractivity (Wildman–Crippen MR) is 104 cm³/mol. The highest BCUT2D eigenvalue weighted by atomic mass is 16.2. The van der Waals surface area contributed by atoms with Gasteiger partial charge in [0.25, 0.3) is 11.8 Å². The SMILES string of the molecule is CC[C@@H]1CCN(C(=O)c2ccc(C(=O)N3CC[C@H](CC)[C@@H]3C)cc2)[C@H]1C. The van der Waals surface area contributed by atoms with Crippen LogP contribution in [-0.4, -0.2) is 46.8 Å². The number of amides is 2. The second-order valence-electron chi connectivity index (χ2n) is 7.97. The van der Waals surface area contributed by atoms with Gasteiger partial charge in [-0.05, 0) is 62.8 Å². The van der Waals surface area contributed by atoms with Gasteiger partial charge in [0.2, 0.25) is 0 Å². The first-order valence-corrected chi connectivity index (χ1v) is 10.2. The Morgan fingerprint density at radius 1 is 0.808 bits per heavy atom. The van der Waals surface area contributed by atoms with Gasteiger partial charge in [0.05, 0.1) is 0 Å². The summed E-state index contributed by atoms with van der Waals surface area (Å²) in [6.45, 7) is 10.4. The van der Waals surface area contributed by atoms with Crippen molar-refractivity contribution in [3.8, 4) is 0 Å². The minimum Gasteiger partial charge on any atom is -0.336 e. The molecule has 1 aromatic carbocycles. The molecule has 4 nitrogen and oxygen atoms in total. The Bertz CT molecular complexity index is 598. The topological polar surface area (TPSA) is 40.6 Å². The van der Waals surface area contributed by atoms with Gasteiger partial charge in [0, 0.05) is 36.3 Å². The van der Waals surface area contributed by atoms with E-state index in [1.54, 1.807) is 0 Å². The molecule has 0 N–H and O–H groups in total. The molecule has 1 aromatic rings. The summed E-state index contributed by atoms with van der Waals surface area (Å²) in [7, 11) is 0. The van der Waals surface area contributed by atoms with Gasteiger partial charge in [0.15, 0.2) is 0 Å². The number of nitrogens with zero attached hydrogens (tertiary/aromatic N) is 2. The lowest BCUT2D eigenvalue weighted by Gasteiger charge is -2.25. The van der Waals surface area contributed by atoms with Crippen molar-refractivity contribution in [1.29, 1.82) is 0 Å². The average molecular weight is 357 g/mol. The molecule has 0 bridgehead atoms. The van der Waals surface area contributed by atoms with Crippen LogP contribution in [-0.2, 0) is 0 Å². The van der Waals surface area contributed by atoms with E-state index in [1.807, 2.05) is 34.1 Å². The molecule has 26 heavy (non-hydrogen) atoms. The van der Waals surface area contributed by atoms with Gasteiger partial charge >= 0.3 is 0 Å². The summed E-state index contributed by atoms with van der Waals surface area (Å²) in [5.74, 6) is 1.38. The van der Waals surface area contributed by atoms with Gasteiger partial charge in [-0.15, -0.1) is 0 Å². The second kappa shape index (κ2) is 7.81. The Hall–Kier alpha value is -1.84. The Balaban J connectivity index is 1.69. The lowest BCUT2D eigenvalue weighted by atomic mass is 9.99. The Kier molecular flexibility index (Phi) is 5.69. The van der Waals surface area contributed by atoms with E-state index < -0.39 is 0 Å². The zero-order valence-electron chi connectivity index (χ0n) is 16.6. The molecular formula is C22H32N2O2. The molecule has 2 aliphatic heterocycles. The summed E-state index contributed by atoms with van der Waals surface area (Å²) < 4.78 is 0. The van der Waals surface area contributed by atoms with Gasteiger partial charge in [-0.25, -0.2) is 0 Å². The quantitative estimate of drug-likeness (QED) is 0.811. The van der Waals surface area contributed by atoms with Crippen molar-refractivity contribution < 1.29 is 9.59 Å². The van der Waals surface area contributed by atoms with Gasteiger partial charge in [-0.1, -0.05) is 26.7 Å². The lowest BCUT2D eigenvalue weighted by Crippen LogP contribution is -2.36. The molecule has 2 aliphatic rings. The summed E-state index contributed by atoms with van der Waals surface area (Å²) >= 11 is 0. The molecule has 2 saturated heterocycles. The maximum atomic E-state index is 12.8. The van der Waals surface area contributed by atoms with Crippen molar-refractivity contribution in [3.63, 3.8) is 0 Å². The monoisotopic (exact) mass is 356 g/mol. The van der Waals surface area contributed by atoms with Crippen LogP contribution in [0, 0.1) is 11.8 Å². The van der Waals surface area contributed by atoms with E-state index in [1.165, 1.54) is 0 Å². The highest BCUT2D eigenvalue weighted by Gasteiger charge is 2.34. The summed E-state index contributed by atoms with van der Waals surface area (Å²) in [4.78, 5) is 29.6. The largest absolute Gasteiger partial charge is 0.336 e. The number of hydrogen-bond donors (Lipinski definition) is 0. The van der Waals surface area contributed by atoms with E-state index in [4.69, 9.17) is 0 Å². The Labute approximate surface area is 157 Å². The van der Waals surface area contributed by atoms with Gasteiger partial charge in [-0.2, -0.15) is 0 Å². The number of benzene rings is 1. The van der Waals surface area contributed by atoms with Crippen LogP contribution in [0.25, 0.3) is 0 Å². The summed E-state index contributed by atoms with van der Waals surface area (Å²) in [6, 6.07) is 7.87. The Morgan fingerprint density at radius 2 is 1.15 bits per heavy atom. The van der Waals surface area contributed by atoms with Crippen LogP contribution in [0.2, 0.25) is 0 Å². The maximum Gasteiger partial charge on any atom is 0.254 e. The van der Waals surface area contributed by atoms with E-state index in [0.29, 0.717) is 35.0 Å². The smallest absolute Gasteiger partial charge is 0.254 e. The van der Waals surface area contributed by atoms with Crippen molar-refractivity contribution in [3.05, 3.63) is 35.4 Å². The van der Waals surface area contributed by atoms with Crippen molar-refractivity contribution in [2.45, 2.75) is 65.5 Å². The highest BCUT2D eigenvalue weighted by molar-refractivity contribution is 5.98. The first kappa shape index (κ1) is 18.9. The number of hydrogen-bond acceptors (Lipinski definition) is 2. The Morgan fingerprint density at radius 3 is 1.42 bits per heavy atom. The number of rotatable bonds is 4. The molecule has 2 amide bonds. The van der Waals surface area contributed by atoms with Gasteiger partial charge in [-0.3, -0.25) is 9.59 Å². The molecule has 0 radical (unpaired) electrons. The third-order valence-electron chi connectivity index (χ3n) is 6.78. The molecule has 0 aromatic heterocycles. The van der Waals surface area contributed by atoms with Gasteiger partial charge < -0.3 is 9.80 Å². The zero-order chi connectivity index (χ0) is 18.8. The van der Waals surface area contributed by atoms with Crippen molar-refractivity contribution >= 4 is 11.8 Å². The number of likely N-dealkylation sites (tertiary alicyclic amines) is 2. The first-order valence-electron chi connectivity index (χ1n) is 10.2. The number of carbonyl (C=O) groups excluding carboxylic acids is 2. The first-order chi connectivity index (χ1) is 12.5. The van der Waals surface area contributed by atoms with Crippen LogP contribution in [0.5, 0.6) is 0 Å². The summed E-state index contributed by atoms with van der Waals surface area (Å²) in [5, 5.41) is 0. The average Bonchev–Trinajstić information content (AvgIpc) is 3.22. The fourth-order valence-electron chi connectivity index (χ4n) is 4.76. The minimum atomic E-state index is 0.0908. The maximum absolute atomic E-state index is 12.8. The molecule has 2 heterocycles. The molecule has 2 fully saturated rings. The molecule has 0 unspecified atom stereocenters. The summed E-state index contributed by atoms with van der Waals surface area (Å²) in [5.41, 5.74) is 1.37. The fraction of sp³-hybridized carbons (Fsp3) is 0.636. The van der Waals surface area contributed by atoms with Crippen molar-refractivity contribution in [1.82, 2.24) is 9.80 Å². The van der Waals surface area contributed by atoms with Crippen molar-refractivity contribution in [2.75, 3.05) is 13.1 Å². The molecule has 4 atom stereocenters. The molecule has 0 saturated carbocycles. The predicted octanol–water partition coefficient (Wildman–Crippen LogP) is 4.21. The van der Waals surface area contributed by atoms with Crippen molar-refractivity contribution in [2.24, 2.45) is 11.8 Å².